The zero-order valence-corrected chi connectivity index (χ0v) is 14.6. The molecule has 0 radical (unpaired) electrons. The fraction of sp³-hybridized carbons (Fsp3) is 0.286. The number of carbonyl (C=O) groups is 1. The van der Waals surface area contributed by atoms with Crippen molar-refractivity contribution in [1.82, 2.24) is 0 Å². The van der Waals surface area contributed by atoms with Crippen LogP contribution in [0.4, 0.5) is 5.69 Å². The van der Waals surface area contributed by atoms with Crippen molar-refractivity contribution < 1.29 is 9.53 Å². The van der Waals surface area contributed by atoms with E-state index in [4.69, 9.17) is 4.74 Å². The Hall–Kier alpha value is -2.55. The van der Waals surface area contributed by atoms with Crippen LogP contribution in [0, 0.1) is 6.92 Å². The van der Waals surface area contributed by atoms with Gasteiger partial charge in [0.05, 0.1) is 13.5 Å². The molecule has 0 fully saturated rings. The molecular formula is C21H23NO2. The summed E-state index contributed by atoms with van der Waals surface area (Å²) in [5.74, 6) is 0.785. The summed E-state index contributed by atoms with van der Waals surface area (Å²) in [6.45, 7) is 6.45. The van der Waals surface area contributed by atoms with Crippen molar-refractivity contribution >= 4 is 17.7 Å². The number of nitrogens with one attached hydrogen (secondary N) is 1. The lowest BCUT2D eigenvalue weighted by molar-refractivity contribution is -0.115. The van der Waals surface area contributed by atoms with Crippen LogP contribution in [0.2, 0.25) is 0 Å². The van der Waals surface area contributed by atoms with E-state index in [0.717, 1.165) is 22.6 Å². The van der Waals surface area contributed by atoms with Crippen LogP contribution < -0.4 is 10.1 Å². The number of hydrogen-bond donors (Lipinski definition) is 1. The first-order chi connectivity index (χ1) is 11.4. The minimum absolute atomic E-state index is 0.00977. The summed E-state index contributed by atoms with van der Waals surface area (Å²) in [5.41, 5.74) is 5.50. The average molecular weight is 321 g/mol. The monoisotopic (exact) mass is 321 g/mol. The smallest absolute Gasteiger partial charge is 0.228 e. The number of carbonyl (C=O) groups excluding carboxylic acids is 1. The van der Waals surface area contributed by atoms with Gasteiger partial charge in [-0.25, -0.2) is 0 Å². The third kappa shape index (κ3) is 3.21. The van der Waals surface area contributed by atoms with Crippen molar-refractivity contribution in [3.63, 3.8) is 0 Å². The number of ether oxygens (including phenoxy) is 1. The topological polar surface area (TPSA) is 38.3 Å². The highest BCUT2D eigenvalue weighted by atomic mass is 16.5. The van der Waals surface area contributed by atoms with Gasteiger partial charge in [-0.15, -0.1) is 0 Å². The van der Waals surface area contributed by atoms with E-state index in [1.807, 2.05) is 31.2 Å². The summed E-state index contributed by atoms with van der Waals surface area (Å²) in [6.07, 6.45) is 4.69. The second-order valence-electron chi connectivity index (χ2n) is 6.88. The van der Waals surface area contributed by atoms with E-state index in [9.17, 15) is 4.79 Å². The Morgan fingerprint density at radius 1 is 1.17 bits per heavy atom. The van der Waals surface area contributed by atoms with Crippen LogP contribution in [-0.4, -0.2) is 13.0 Å². The molecule has 2 aromatic carbocycles. The minimum atomic E-state index is -0.00977. The Bertz CT molecular complexity index is 801. The minimum Gasteiger partial charge on any atom is -0.497 e. The number of hydrogen-bond acceptors (Lipinski definition) is 2. The second-order valence-corrected chi connectivity index (χ2v) is 6.88. The maximum atomic E-state index is 12.4. The van der Waals surface area contributed by atoms with Crippen molar-refractivity contribution in [2.75, 3.05) is 12.4 Å². The van der Waals surface area contributed by atoms with E-state index in [0.29, 0.717) is 6.42 Å². The maximum Gasteiger partial charge on any atom is 0.228 e. The van der Waals surface area contributed by atoms with Gasteiger partial charge in [0.2, 0.25) is 5.91 Å². The van der Waals surface area contributed by atoms with Crippen LogP contribution in [0.25, 0.3) is 6.08 Å². The van der Waals surface area contributed by atoms with E-state index >= 15 is 0 Å². The zero-order valence-electron chi connectivity index (χ0n) is 14.6. The zero-order chi connectivity index (χ0) is 17.3. The molecule has 0 atom stereocenters. The molecule has 0 bridgehead atoms. The summed E-state index contributed by atoms with van der Waals surface area (Å²) in [7, 11) is 1.63. The summed E-state index contributed by atoms with van der Waals surface area (Å²) in [5, 5.41) is 3.04. The molecule has 1 amide bonds. The van der Waals surface area contributed by atoms with Gasteiger partial charge in [0.25, 0.3) is 0 Å². The molecule has 3 nitrogen and oxygen atoms in total. The van der Waals surface area contributed by atoms with Crippen molar-refractivity contribution in [1.29, 1.82) is 0 Å². The Labute approximate surface area is 143 Å². The molecule has 1 aliphatic carbocycles. The van der Waals surface area contributed by atoms with Gasteiger partial charge in [-0.2, -0.15) is 0 Å². The number of amides is 1. The van der Waals surface area contributed by atoms with Crippen molar-refractivity contribution in [2.45, 2.75) is 32.6 Å². The van der Waals surface area contributed by atoms with Crippen molar-refractivity contribution in [2.24, 2.45) is 0 Å². The van der Waals surface area contributed by atoms with Crippen LogP contribution in [-0.2, 0) is 16.6 Å². The molecule has 1 aliphatic rings. The lowest BCUT2D eigenvalue weighted by Crippen LogP contribution is -2.16. The number of methoxy groups -OCH3 is 1. The van der Waals surface area contributed by atoms with Gasteiger partial charge in [-0.1, -0.05) is 44.2 Å². The van der Waals surface area contributed by atoms with Crippen LogP contribution in [0.5, 0.6) is 5.75 Å². The Morgan fingerprint density at radius 3 is 2.54 bits per heavy atom. The van der Waals surface area contributed by atoms with E-state index in [1.54, 1.807) is 7.11 Å². The van der Waals surface area contributed by atoms with Gasteiger partial charge in [-0.05, 0) is 47.4 Å². The Morgan fingerprint density at radius 2 is 1.88 bits per heavy atom. The van der Waals surface area contributed by atoms with Gasteiger partial charge in [-0.3, -0.25) is 4.79 Å². The molecule has 0 aliphatic heterocycles. The summed E-state index contributed by atoms with van der Waals surface area (Å²) >= 11 is 0. The molecule has 0 aromatic heterocycles. The average Bonchev–Trinajstić information content (AvgIpc) is 2.83. The Balaban J connectivity index is 1.74. The van der Waals surface area contributed by atoms with Crippen LogP contribution >= 0.6 is 0 Å². The van der Waals surface area contributed by atoms with Crippen molar-refractivity contribution in [3.05, 3.63) is 64.7 Å². The van der Waals surface area contributed by atoms with Crippen LogP contribution in [0.1, 0.15) is 36.1 Å². The first-order valence-corrected chi connectivity index (χ1v) is 8.16. The standard InChI is InChI=1S/C21H23NO2/c1-14-11-18-16(9-10-21(18,2)3)13-19(14)22-20(23)12-15-5-7-17(24-4)8-6-15/h5-11,13H,12H2,1-4H3,(H,22,23). The SMILES string of the molecule is COc1ccc(CC(=O)Nc2cc3c(cc2C)C(C)(C)C=C3)cc1. The highest BCUT2D eigenvalue weighted by molar-refractivity contribution is 5.93. The molecule has 3 rings (SSSR count). The third-order valence-electron chi connectivity index (χ3n) is 4.57. The molecule has 0 spiro atoms. The molecule has 0 saturated heterocycles. The van der Waals surface area contributed by atoms with E-state index in [1.165, 1.54) is 11.1 Å². The summed E-state index contributed by atoms with van der Waals surface area (Å²) < 4.78 is 5.14. The van der Waals surface area contributed by atoms with Gasteiger partial charge in [0.15, 0.2) is 0 Å². The van der Waals surface area contributed by atoms with Crippen LogP contribution in [0.3, 0.4) is 0 Å². The lowest BCUT2D eigenvalue weighted by Gasteiger charge is -2.20. The van der Waals surface area contributed by atoms with E-state index in [-0.39, 0.29) is 11.3 Å². The number of anilines is 1. The maximum absolute atomic E-state index is 12.4. The number of aryl methyl sites for hydroxylation is 1. The number of allylic oxidation sites excluding steroid dienone is 1. The highest BCUT2D eigenvalue weighted by Crippen LogP contribution is 2.38. The quantitative estimate of drug-likeness (QED) is 0.901. The largest absolute Gasteiger partial charge is 0.497 e. The molecule has 3 heteroatoms. The van der Waals surface area contributed by atoms with Crippen LogP contribution in [0.15, 0.2) is 42.5 Å². The molecular weight excluding hydrogens is 298 g/mol. The van der Waals surface area contributed by atoms with E-state index < -0.39 is 0 Å². The lowest BCUT2D eigenvalue weighted by atomic mass is 9.86. The molecule has 124 valence electrons. The predicted molar refractivity (Wildman–Crippen MR) is 98.6 cm³/mol. The number of benzene rings is 2. The normalized spacial score (nSPS) is 14.3. The molecule has 0 saturated carbocycles. The highest BCUT2D eigenvalue weighted by Gasteiger charge is 2.25. The second kappa shape index (κ2) is 6.16. The summed E-state index contributed by atoms with van der Waals surface area (Å²) in [6, 6.07) is 11.8. The van der Waals surface area contributed by atoms with Crippen molar-refractivity contribution in [3.8, 4) is 5.75 Å². The first kappa shape index (κ1) is 16.3. The van der Waals surface area contributed by atoms with Gasteiger partial charge >= 0.3 is 0 Å². The fourth-order valence-electron chi connectivity index (χ4n) is 3.07. The molecule has 2 aromatic rings. The van der Waals surface area contributed by atoms with Gasteiger partial charge < -0.3 is 10.1 Å². The third-order valence-corrected chi connectivity index (χ3v) is 4.57. The summed E-state index contributed by atoms with van der Waals surface area (Å²) in [4.78, 5) is 12.4. The molecule has 0 unspecified atom stereocenters. The number of rotatable bonds is 4. The van der Waals surface area contributed by atoms with Gasteiger partial charge in [0, 0.05) is 11.1 Å². The molecule has 24 heavy (non-hydrogen) atoms. The fourth-order valence-corrected chi connectivity index (χ4v) is 3.07. The van der Waals surface area contributed by atoms with Gasteiger partial charge in [0.1, 0.15) is 5.75 Å². The first-order valence-electron chi connectivity index (χ1n) is 8.16. The molecule has 1 N–H and O–H groups in total. The Kier molecular flexibility index (Phi) is 4.18. The number of fused-ring (bicyclic) bond motifs is 1. The predicted octanol–water partition coefficient (Wildman–Crippen LogP) is 4.49. The van der Waals surface area contributed by atoms with E-state index in [2.05, 4.69) is 43.4 Å². The molecule has 0 heterocycles.